The molecule has 0 amide bonds. The minimum Gasteiger partial charge on any atom is -0.382 e. The first-order chi connectivity index (χ1) is 20.5. The molecule has 20 nitrogen and oxygen atoms in total. The highest BCUT2D eigenvalue weighted by Crippen LogP contribution is 2.50. The fraction of sp³-hybridized carbons (Fsp3) is 0.500. The first-order valence-corrected chi connectivity index (χ1v) is 16.7. The number of aromatic amines is 1. The molecule has 7 atom stereocenters. The zero-order valence-electron chi connectivity index (χ0n) is 21.8. The van der Waals surface area contributed by atoms with E-state index in [9.17, 15) is 18.1 Å². The number of aromatic nitrogens is 8. The standard InChI is InChI=1S/C20H24N11O9PS2/c21-15-13-16(24-5-23-15)30(6-25-13)12-2-9-11(39-12)4-36-41(33,42)40-10-1-8(3-37-43(34,35)29-9)38-19(10)31-7-26-14-17(31)27-20(22)28-18(14)32/h5-12,19,29H,1-4H2,(H,33,42)(H2,21,23,24)(H3,22,27,28,32)/t8-,9-,10+,11+,12+,19+,41?/m0/s1. The summed E-state index contributed by atoms with van der Waals surface area (Å²) in [4.78, 5) is 46.3. The lowest BCUT2D eigenvalue weighted by molar-refractivity contribution is -0.0486. The van der Waals surface area contributed by atoms with E-state index in [1.165, 1.54) is 23.5 Å². The van der Waals surface area contributed by atoms with E-state index in [1.807, 2.05) is 0 Å². The van der Waals surface area contributed by atoms with Gasteiger partial charge >= 0.3 is 17.0 Å². The fourth-order valence-corrected chi connectivity index (χ4v) is 7.77. The van der Waals surface area contributed by atoms with Gasteiger partial charge in [0.1, 0.15) is 30.3 Å². The average Bonchev–Trinajstić information content (AvgIpc) is 3.71. The van der Waals surface area contributed by atoms with Crippen molar-refractivity contribution in [3.8, 4) is 0 Å². The molecule has 7 rings (SSSR count). The Balaban J connectivity index is 1.17. The third kappa shape index (κ3) is 5.39. The summed E-state index contributed by atoms with van der Waals surface area (Å²) in [5.41, 5.74) is 11.8. The van der Waals surface area contributed by atoms with Gasteiger partial charge in [0.15, 0.2) is 28.9 Å². The summed E-state index contributed by atoms with van der Waals surface area (Å²) in [6.45, 7) is -4.72. The second kappa shape index (κ2) is 10.5. The lowest BCUT2D eigenvalue weighted by atomic mass is 10.1. The molecule has 3 fully saturated rings. The maximum absolute atomic E-state index is 13.0. The van der Waals surface area contributed by atoms with Gasteiger partial charge in [0.25, 0.3) is 5.56 Å². The van der Waals surface area contributed by atoms with Crippen molar-refractivity contribution in [2.75, 3.05) is 24.7 Å². The van der Waals surface area contributed by atoms with Gasteiger partial charge in [0.2, 0.25) is 5.95 Å². The van der Waals surface area contributed by atoms with Crippen molar-refractivity contribution in [3.05, 3.63) is 29.3 Å². The number of rotatable bonds is 2. The quantitative estimate of drug-likeness (QED) is 0.154. The van der Waals surface area contributed by atoms with Crippen LogP contribution in [-0.2, 0) is 44.8 Å². The number of fused-ring (bicyclic) bond motifs is 5. The second-order valence-electron chi connectivity index (χ2n) is 9.98. The van der Waals surface area contributed by atoms with Crippen LogP contribution in [0.15, 0.2) is 23.8 Å². The summed E-state index contributed by atoms with van der Waals surface area (Å²) in [5, 5.41) is 0. The molecule has 1 unspecified atom stereocenters. The molecule has 0 aromatic carbocycles. The van der Waals surface area contributed by atoms with Gasteiger partial charge in [-0.1, -0.05) is 0 Å². The number of nitrogen functional groups attached to an aromatic ring is 2. The largest absolute Gasteiger partial charge is 0.382 e. The Kier molecular flexibility index (Phi) is 6.96. The van der Waals surface area contributed by atoms with Crippen molar-refractivity contribution in [2.24, 2.45) is 0 Å². The minimum atomic E-state index is -4.34. The Morgan fingerprint density at radius 1 is 1.02 bits per heavy atom. The first-order valence-electron chi connectivity index (χ1n) is 12.7. The lowest BCUT2D eigenvalue weighted by Gasteiger charge is -2.26. The number of nitrogens with one attached hydrogen (secondary N) is 2. The van der Waals surface area contributed by atoms with Crippen LogP contribution in [0.5, 0.6) is 0 Å². The predicted molar refractivity (Wildman–Crippen MR) is 148 cm³/mol. The number of hydrogen-bond donors (Lipinski definition) is 5. The van der Waals surface area contributed by atoms with Gasteiger partial charge in [-0.25, -0.2) is 19.9 Å². The monoisotopic (exact) mass is 657 g/mol. The highest BCUT2D eigenvalue weighted by molar-refractivity contribution is 8.07. The van der Waals surface area contributed by atoms with Crippen LogP contribution in [-0.4, -0.2) is 89.9 Å². The van der Waals surface area contributed by atoms with Crippen LogP contribution in [0.4, 0.5) is 11.8 Å². The van der Waals surface area contributed by atoms with E-state index in [0.717, 1.165) is 0 Å². The molecule has 230 valence electrons. The van der Waals surface area contributed by atoms with Crippen LogP contribution in [0.3, 0.4) is 0 Å². The first kappa shape index (κ1) is 28.6. The SMILES string of the molecule is Nc1nc2c(ncn2[C@@H]2O[C@@H]3COS(=O)(=O)N[C@H]4C[C@H](n5cnc6c(N)ncnc65)O[C@@H]4COP(O)(=S)O[C@@H]2C3)c(=O)[nH]1. The van der Waals surface area contributed by atoms with Gasteiger partial charge in [0.05, 0.1) is 38.0 Å². The Morgan fingerprint density at radius 2 is 1.81 bits per heavy atom. The Morgan fingerprint density at radius 3 is 2.65 bits per heavy atom. The van der Waals surface area contributed by atoms with Crippen LogP contribution >= 0.6 is 6.72 Å². The maximum atomic E-state index is 13.0. The predicted octanol–water partition coefficient (Wildman–Crippen LogP) is -1.45. The molecule has 3 saturated heterocycles. The number of ether oxygens (including phenoxy) is 2. The van der Waals surface area contributed by atoms with Gasteiger partial charge < -0.3 is 34.9 Å². The third-order valence-corrected chi connectivity index (χ3v) is 9.80. The molecule has 0 spiro atoms. The second-order valence-corrected chi connectivity index (χ2v) is 14.1. The van der Waals surface area contributed by atoms with Gasteiger partial charge in [-0.15, -0.1) is 0 Å². The smallest absolute Gasteiger partial charge is 0.336 e. The maximum Gasteiger partial charge on any atom is 0.336 e. The molecule has 4 aromatic rings. The molecule has 23 heteroatoms. The van der Waals surface area contributed by atoms with Gasteiger partial charge in [-0.3, -0.25) is 23.1 Å². The lowest BCUT2D eigenvalue weighted by Crippen LogP contribution is -2.43. The summed E-state index contributed by atoms with van der Waals surface area (Å²) in [6, 6.07) is -0.861. The molecular formula is C20H24N11O9PS2. The molecule has 2 bridgehead atoms. The summed E-state index contributed by atoms with van der Waals surface area (Å²) in [5.74, 6) is 0.0123. The number of hydrogen-bond acceptors (Lipinski definition) is 16. The van der Waals surface area contributed by atoms with E-state index in [1.54, 1.807) is 4.57 Å². The van der Waals surface area contributed by atoms with E-state index in [0.29, 0.717) is 11.2 Å². The van der Waals surface area contributed by atoms with Crippen molar-refractivity contribution < 1.29 is 36.0 Å². The van der Waals surface area contributed by atoms with Crippen molar-refractivity contribution >= 4 is 62.9 Å². The zero-order chi connectivity index (χ0) is 30.1. The topological polar surface area (TPSA) is 272 Å². The Hall–Kier alpha value is -3.18. The van der Waals surface area contributed by atoms with Gasteiger partial charge in [-0.2, -0.15) is 18.1 Å². The number of nitrogens with two attached hydrogens (primary N) is 2. The third-order valence-electron chi connectivity index (χ3n) is 7.18. The molecule has 0 aliphatic carbocycles. The summed E-state index contributed by atoms with van der Waals surface area (Å²) < 4.78 is 60.4. The van der Waals surface area contributed by atoms with Crippen LogP contribution in [0.2, 0.25) is 0 Å². The average molecular weight is 658 g/mol. The Labute approximate surface area is 246 Å². The Bertz CT molecular complexity index is 1930. The zero-order valence-corrected chi connectivity index (χ0v) is 24.3. The van der Waals surface area contributed by atoms with Crippen LogP contribution in [0.1, 0.15) is 25.3 Å². The normalized spacial score (nSPS) is 33.1. The molecular weight excluding hydrogens is 633 g/mol. The summed E-state index contributed by atoms with van der Waals surface area (Å²) >= 11 is 5.31. The highest BCUT2D eigenvalue weighted by atomic mass is 32.5. The number of H-pyrrole nitrogens is 1. The van der Waals surface area contributed by atoms with Crippen molar-refractivity contribution in [2.45, 2.75) is 49.7 Å². The molecule has 4 aromatic heterocycles. The van der Waals surface area contributed by atoms with E-state index >= 15 is 0 Å². The van der Waals surface area contributed by atoms with Crippen molar-refractivity contribution in [3.63, 3.8) is 0 Å². The fourth-order valence-electron chi connectivity index (χ4n) is 5.31. The molecule has 43 heavy (non-hydrogen) atoms. The van der Waals surface area contributed by atoms with Crippen LogP contribution in [0.25, 0.3) is 22.3 Å². The number of nitrogens with zero attached hydrogens (tertiary/aromatic N) is 7. The van der Waals surface area contributed by atoms with E-state index < -0.39 is 66.0 Å². The van der Waals surface area contributed by atoms with E-state index in [2.05, 4.69) is 34.6 Å². The molecule has 7 heterocycles. The number of imidazole rings is 2. The highest BCUT2D eigenvalue weighted by Gasteiger charge is 2.45. The minimum absolute atomic E-state index is 0.0177. The van der Waals surface area contributed by atoms with Gasteiger partial charge in [-0.05, 0) is 11.8 Å². The molecule has 3 aliphatic rings. The summed E-state index contributed by atoms with van der Waals surface area (Å²) in [6.07, 6.45) is -0.360. The molecule has 3 aliphatic heterocycles. The molecule has 0 saturated carbocycles. The van der Waals surface area contributed by atoms with E-state index in [-0.39, 0.29) is 42.4 Å². The van der Waals surface area contributed by atoms with Crippen LogP contribution in [0, 0.1) is 0 Å². The van der Waals surface area contributed by atoms with Crippen molar-refractivity contribution in [1.82, 2.24) is 43.8 Å². The molecule has 7 N–H and O–H groups in total. The van der Waals surface area contributed by atoms with E-state index in [4.69, 9.17) is 46.0 Å². The molecule has 0 radical (unpaired) electrons. The summed E-state index contributed by atoms with van der Waals surface area (Å²) in [7, 11) is -4.34. The number of anilines is 2. The van der Waals surface area contributed by atoms with Gasteiger partial charge in [0, 0.05) is 12.8 Å². The van der Waals surface area contributed by atoms with Crippen molar-refractivity contribution in [1.29, 1.82) is 0 Å². The van der Waals surface area contributed by atoms with Crippen LogP contribution < -0.4 is 21.7 Å².